The molecule has 0 bridgehead atoms. The molecule has 112 valence electrons. The van der Waals surface area contributed by atoms with E-state index in [9.17, 15) is 0 Å². The fourth-order valence-corrected chi connectivity index (χ4v) is 1.88. The number of ether oxygens (including phenoxy) is 2. The molecule has 3 N–H and O–H groups in total. The molecule has 2 aromatic rings. The van der Waals surface area contributed by atoms with Gasteiger partial charge in [-0.25, -0.2) is 4.98 Å². The number of hydrogen-bond donors (Lipinski definition) is 2. The van der Waals surface area contributed by atoms with Crippen LogP contribution in [-0.2, 0) is 6.54 Å². The third-order valence-electron chi connectivity index (χ3n) is 2.88. The highest BCUT2D eigenvalue weighted by atomic mass is 16.5. The van der Waals surface area contributed by atoms with Crippen LogP contribution in [0.5, 0.6) is 11.6 Å². The van der Waals surface area contributed by atoms with E-state index < -0.39 is 0 Å². The quantitative estimate of drug-likeness (QED) is 0.799. The van der Waals surface area contributed by atoms with E-state index in [1.807, 2.05) is 44.2 Å². The van der Waals surface area contributed by atoms with Crippen molar-refractivity contribution in [3.63, 3.8) is 0 Å². The molecule has 21 heavy (non-hydrogen) atoms. The van der Waals surface area contributed by atoms with Crippen LogP contribution < -0.4 is 20.5 Å². The standard InChI is InChI=1S/C16H21N3O2/c1-11(2)21-15-9-13(4-5-14(15)17)19-10-12-6-7-18-16(8-12)20-3/h4-9,11,19H,10,17H2,1-3H3. The number of nitrogen functional groups attached to an aromatic ring is 1. The Morgan fingerprint density at radius 2 is 2.05 bits per heavy atom. The Balaban J connectivity index is 2.05. The van der Waals surface area contributed by atoms with Gasteiger partial charge in [-0.05, 0) is 37.6 Å². The SMILES string of the molecule is COc1cc(CNc2ccc(N)c(OC(C)C)c2)ccn1. The summed E-state index contributed by atoms with van der Waals surface area (Å²) in [5.41, 5.74) is 8.59. The van der Waals surface area contributed by atoms with Crippen LogP contribution in [0.2, 0.25) is 0 Å². The Labute approximate surface area is 125 Å². The zero-order valence-electron chi connectivity index (χ0n) is 12.6. The maximum Gasteiger partial charge on any atom is 0.213 e. The summed E-state index contributed by atoms with van der Waals surface area (Å²) in [6.07, 6.45) is 1.82. The topological polar surface area (TPSA) is 69.4 Å². The summed E-state index contributed by atoms with van der Waals surface area (Å²) >= 11 is 0. The molecule has 0 aliphatic carbocycles. The van der Waals surface area contributed by atoms with Gasteiger partial charge in [0.25, 0.3) is 0 Å². The van der Waals surface area contributed by atoms with Crippen molar-refractivity contribution in [1.82, 2.24) is 4.98 Å². The van der Waals surface area contributed by atoms with Crippen LogP contribution in [0.4, 0.5) is 11.4 Å². The second kappa shape index (κ2) is 6.83. The highest BCUT2D eigenvalue weighted by molar-refractivity contribution is 5.61. The summed E-state index contributed by atoms with van der Waals surface area (Å²) in [6, 6.07) is 9.52. The molecular weight excluding hydrogens is 266 g/mol. The van der Waals surface area contributed by atoms with Gasteiger partial charge in [0.05, 0.1) is 18.9 Å². The van der Waals surface area contributed by atoms with Gasteiger partial charge in [0.2, 0.25) is 5.88 Å². The molecule has 2 rings (SSSR count). The lowest BCUT2D eigenvalue weighted by molar-refractivity contribution is 0.244. The van der Waals surface area contributed by atoms with E-state index in [-0.39, 0.29) is 6.10 Å². The van der Waals surface area contributed by atoms with Crippen molar-refractivity contribution >= 4 is 11.4 Å². The monoisotopic (exact) mass is 287 g/mol. The zero-order chi connectivity index (χ0) is 15.2. The lowest BCUT2D eigenvalue weighted by Crippen LogP contribution is -2.08. The predicted molar refractivity (Wildman–Crippen MR) is 84.7 cm³/mol. The molecule has 0 fully saturated rings. The van der Waals surface area contributed by atoms with Crippen molar-refractivity contribution in [3.05, 3.63) is 42.1 Å². The van der Waals surface area contributed by atoms with Crippen molar-refractivity contribution in [2.45, 2.75) is 26.5 Å². The van der Waals surface area contributed by atoms with Crippen LogP contribution in [0.1, 0.15) is 19.4 Å². The third-order valence-corrected chi connectivity index (χ3v) is 2.88. The van der Waals surface area contributed by atoms with Gasteiger partial charge < -0.3 is 20.5 Å². The fraction of sp³-hybridized carbons (Fsp3) is 0.312. The summed E-state index contributed by atoms with van der Waals surface area (Å²) in [6.45, 7) is 4.62. The number of nitrogens with two attached hydrogens (primary N) is 1. The van der Waals surface area contributed by atoms with Crippen LogP contribution >= 0.6 is 0 Å². The largest absolute Gasteiger partial charge is 0.489 e. The number of pyridine rings is 1. The first-order chi connectivity index (χ1) is 10.1. The van der Waals surface area contributed by atoms with Gasteiger partial charge in [-0.3, -0.25) is 0 Å². The molecule has 0 aliphatic rings. The molecular formula is C16H21N3O2. The lowest BCUT2D eigenvalue weighted by Gasteiger charge is -2.14. The van der Waals surface area contributed by atoms with E-state index in [0.29, 0.717) is 23.9 Å². The summed E-state index contributed by atoms with van der Waals surface area (Å²) in [7, 11) is 1.61. The minimum absolute atomic E-state index is 0.0898. The smallest absolute Gasteiger partial charge is 0.213 e. The Morgan fingerprint density at radius 3 is 2.76 bits per heavy atom. The number of nitrogens with one attached hydrogen (secondary N) is 1. The first kappa shape index (κ1) is 15.0. The van der Waals surface area contributed by atoms with E-state index in [2.05, 4.69) is 10.3 Å². The average molecular weight is 287 g/mol. The van der Waals surface area contributed by atoms with Crippen LogP contribution in [0.25, 0.3) is 0 Å². The van der Waals surface area contributed by atoms with E-state index in [0.717, 1.165) is 11.3 Å². The predicted octanol–water partition coefficient (Wildman–Crippen LogP) is 3.07. The summed E-state index contributed by atoms with van der Waals surface area (Å²) < 4.78 is 10.8. The molecule has 5 heteroatoms. The van der Waals surface area contributed by atoms with Gasteiger partial charge in [-0.2, -0.15) is 0 Å². The van der Waals surface area contributed by atoms with Gasteiger partial charge >= 0.3 is 0 Å². The number of hydrogen-bond acceptors (Lipinski definition) is 5. The van der Waals surface area contributed by atoms with Crippen molar-refractivity contribution < 1.29 is 9.47 Å². The van der Waals surface area contributed by atoms with Gasteiger partial charge in [-0.1, -0.05) is 0 Å². The second-order valence-electron chi connectivity index (χ2n) is 4.98. The molecule has 0 radical (unpaired) electrons. The van der Waals surface area contributed by atoms with Crippen LogP contribution in [-0.4, -0.2) is 18.2 Å². The van der Waals surface area contributed by atoms with Crippen molar-refractivity contribution in [3.8, 4) is 11.6 Å². The number of nitrogens with zero attached hydrogens (tertiary/aromatic N) is 1. The molecule has 1 aromatic heterocycles. The highest BCUT2D eigenvalue weighted by Crippen LogP contribution is 2.26. The zero-order valence-corrected chi connectivity index (χ0v) is 12.6. The van der Waals surface area contributed by atoms with E-state index >= 15 is 0 Å². The Bertz CT molecular complexity index is 600. The van der Waals surface area contributed by atoms with Crippen LogP contribution in [0, 0.1) is 0 Å². The number of aromatic nitrogens is 1. The minimum atomic E-state index is 0.0898. The number of anilines is 2. The lowest BCUT2D eigenvalue weighted by atomic mass is 10.2. The fourth-order valence-electron chi connectivity index (χ4n) is 1.88. The van der Waals surface area contributed by atoms with Crippen LogP contribution in [0.3, 0.4) is 0 Å². The highest BCUT2D eigenvalue weighted by Gasteiger charge is 2.05. The maximum absolute atomic E-state index is 5.91. The Morgan fingerprint density at radius 1 is 1.24 bits per heavy atom. The maximum atomic E-state index is 5.91. The molecule has 1 heterocycles. The molecule has 1 aromatic carbocycles. The van der Waals surface area contributed by atoms with Gasteiger partial charge in [-0.15, -0.1) is 0 Å². The molecule has 0 unspecified atom stereocenters. The first-order valence-electron chi connectivity index (χ1n) is 6.87. The molecule has 0 aliphatic heterocycles. The summed E-state index contributed by atoms with van der Waals surface area (Å²) in [5, 5.41) is 3.33. The number of rotatable bonds is 6. The van der Waals surface area contributed by atoms with Gasteiger partial charge in [0.1, 0.15) is 5.75 Å². The van der Waals surface area contributed by atoms with E-state index in [1.54, 1.807) is 13.3 Å². The molecule has 0 saturated carbocycles. The average Bonchev–Trinajstić information content (AvgIpc) is 2.48. The van der Waals surface area contributed by atoms with Crippen LogP contribution in [0.15, 0.2) is 36.5 Å². The molecule has 0 spiro atoms. The number of methoxy groups -OCH3 is 1. The molecule has 0 saturated heterocycles. The first-order valence-corrected chi connectivity index (χ1v) is 6.87. The molecule has 0 amide bonds. The molecule has 5 nitrogen and oxygen atoms in total. The van der Waals surface area contributed by atoms with E-state index in [4.69, 9.17) is 15.2 Å². The molecule has 0 atom stereocenters. The third kappa shape index (κ3) is 4.27. The summed E-state index contributed by atoms with van der Waals surface area (Å²) in [5.74, 6) is 1.30. The van der Waals surface area contributed by atoms with Crippen molar-refractivity contribution in [2.75, 3.05) is 18.2 Å². The van der Waals surface area contributed by atoms with Crippen molar-refractivity contribution in [2.24, 2.45) is 0 Å². The van der Waals surface area contributed by atoms with Gasteiger partial charge in [0.15, 0.2) is 0 Å². The van der Waals surface area contributed by atoms with Gasteiger partial charge in [0, 0.05) is 30.6 Å². The minimum Gasteiger partial charge on any atom is -0.489 e. The summed E-state index contributed by atoms with van der Waals surface area (Å²) in [4.78, 5) is 4.08. The van der Waals surface area contributed by atoms with Crippen molar-refractivity contribution in [1.29, 1.82) is 0 Å². The number of benzene rings is 1. The Hall–Kier alpha value is -2.43. The Kier molecular flexibility index (Phi) is 4.87. The van der Waals surface area contributed by atoms with E-state index in [1.165, 1.54) is 0 Å². The normalized spacial score (nSPS) is 10.5. The second-order valence-corrected chi connectivity index (χ2v) is 4.98.